The normalized spacial score (nSPS) is 10.7. The van der Waals surface area contributed by atoms with Crippen molar-refractivity contribution in [1.82, 2.24) is 14.8 Å². The summed E-state index contributed by atoms with van der Waals surface area (Å²) >= 11 is 6.05. The zero-order chi connectivity index (χ0) is 15.4. The molecule has 0 aliphatic heterocycles. The van der Waals surface area contributed by atoms with Crippen molar-refractivity contribution in [3.8, 4) is 5.75 Å². The standard InChI is InChI=1S/C15H18ClN3O2/c1-4-14-17-15(5-2)19(18-14)9-12(20)10-6-7-13(21-3)11(16)8-10/h6-8H,4-5,9H2,1-3H3. The third-order valence-corrected chi connectivity index (χ3v) is 3.49. The molecule has 0 bridgehead atoms. The summed E-state index contributed by atoms with van der Waals surface area (Å²) < 4.78 is 6.75. The summed E-state index contributed by atoms with van der Waals surface area (Å²) in [7, 11) is 1.54. The summed E-state index contributed by atoms with van der Waals surface area (Å²) in [4.78, 5) is 16.7. The Kier molecular flexibility index (Phi) is 4.96. The van der Waals surface area contributed by atoms with Crippen molar-refractivity contribution in [3.63, 3.8) is 0 Å². The lowest BCUT2D eigenvalue weighted by Crippen LogP contribution is -2.14. The number of ketones is 1. The lowest BCUT2D eigenvalue weighted by atomic mass is 10.1. The number of hydrogen-bond donors (Lipinski definition) is 0. The van der Waals surface area contributed by atoms with E-state index in [1.165, 1.54) is 7.11 Å². The molecule has 0 saturated heterocycles. The second-order valence-electron chi connectivity index (χ2n) is 4.58. The predicted molar refractivity (Wildman–Crippen MR) is 81.1 cm³/mol. The van der Waals surface area contributed by atoms with E-state index in [-0.39, 0.29) is 12.3 Å². The topological polar surface area (TPSA) is 57.0 Å². The number of carbonyl (C=O) groups is 1. The Hall–Kier alpha value is -1.88. The first-order chi connectivity index (χ1) is 10.1. The number of aryl methyl sites for hydroxylation is 2. The molecule has 0 aliphatic carbocycles. The summed E-state index contributed by atoms with van der Waals surface area (Å²) in [6.45, 7) is 4.15. The third-order valence-electron chi connectivity index (χ3n) is 3.19. The number of hydrogen-bond acceptors (Lipinski definition) is 4. The van der Waals surface area contributed by atoms with Gasteiger partial charge in [0.1, 0.15) is 18.1 Å². The molecule has 0 saturated carbocycles. The Balaban J connectivity index is 2.21. The van der Waals surface area contributed by atoms with Gasteiger partial charge >= 0.3 is 0 Å². The average Bonchev–Trinajstić information content (AvgIpc) is 2.89. The Bertz CT molecular complexity index is 652. The fourth-order valence-electron chi connectivity index (χ4n) is 2.03. The number of methoxy groups -OCH3 is 1. The Morgan fingerprint density at radius 1 is 1.33 bits per heavy atom. The number of benzene rings is 1. The zero-order valence-electron chi connectivity index (χ0n) is 12.4. The molecule has 0 atom stereocenters. The van der Waals surface area contributed by atoms with Crippen LogP contribution in [0.4, 0.5) is 0 Å². The van der Waals surface area contributed by atoms with Crippen LogP contribution >= 0.6 is 11.6 Å². The zero-order valence-corrected chi connectivity index (χ0v) is 13.1. The minimum atomic E-state index is -0.0539. The summed E-state index contributed by atoms with van der Waals surface area (Å²) in [5.74, 6) is 2.07. The van der Waals surface area contributed by atoms with Gasteiger partial charge < -0.3 is 4.74 Å². The average molecular weight is 308 g/mol. The summed E-state index contributed by atoms with van der Waals surface area (Å²) in [6, 6.07) is 5.01. The first kappa shape index (κ1) is 15.5. The maximum absolute atomic E-state index is 12.3. The van der Waals surface area contributed by atoms with Gasteiger partial charge in [0.25, 0.3) is 0 Å². The van der Waals surface area contributed by atoms with Crippen molar-refractivity contribution in [1.29, 1.82) is 0 Å². The molecule has 2 aromatic rings. The first-order valence-electron chi connectivity index (χ1n) is 6.88. The molecule has 5 nitrogen and oxygen atoms in total. The van der Waals surface area contributed by atoms with Crippen molar-refractivity contribution >= 4 is 17.4 Å². The molecule has 1 heterocycles. The molecule has 0 N–H and O–H groups in total. The number of halogens is 1. The highest BCUT2D eigenvalue weighted by Crippen LogP contribution is 2.25. The van der Waals surface area contributed by atoms with E-state index in [4.69, 9.17) is 16.3 Å². The first-order valence-corrected chi connectivity index (χ1v) is 7.26. The summed E-state index contributed by atoms with van der Waals surface area (Å²) in [5.41, 5.74) is 0.538. The highest BCUT2D eigenvalue weighted by molar-refractivity contribution is 6.32. The molecule has 1 aromatic carbocycles. The van der Waals surface area contributed by atoms with Crippen LogP contribution in [-0.4, -0.2) is 27.7 Å². The molecule has 112 valence electrons. The van der Waals surface area contributed by atoms with Crippen molar-refractivity contribution in [2.75, 3.05) is 7.11 Å². The third kappa shape index (κ3) is 3.42. The van der Waals surface area contributed by atoms with E-state index in [2.05, 4.69) is 10.1 Å². The van der Waals surface area contributed by atoms with Crippen LogP contribution < -0.4 is 4.74 Å². The van der Waals surface area contributed by atoms with Crippen molar-refractivity contribution in [3.05, 3.63) is 40.4 Å². The second kappa shape index (κ2) is 6.72. The van der Waals surface area contributed by atoms with Crippen LogP contribution in [0.3, 0.4) is 0 Å². The molecule has 0 unspecified atom stereocenters. The minimum Gasteiger partial charge on any atom is -0.495 e. The van der Waals surface area contributed by atoms with Gasteiger partial charge in [-0.2, -0.15) is 5.10 Å². The molecule has 1 aromatic heterocycles. The van der Waals surface area contributed by atoms with Gasteiger partial charge in [-0.05, 0) is 18.2 Å². The number of aromatic nitrogens is 3. The lowest BCUT2D eigenvalue weighted by molar-refractivity contribution is 0.0966. The van der Waals surface area contributed by atoms with Crippen LogP contribution in [0.1, 0.15) is 35.9 Å². The van der Waals surface area contributed by atoms with E-state index < -0.39 is 0 Å². The van der Waals surface area contributed by atoms with E-state index in [1.54, 1.807) is 22.9 Å². The number of nitrogens with zero attached hydrogens (tertiary/aromatic N) is 3. The van der Waals surface area contributed by atoms with E-state index in [0.29, 0.717) is 16.3 Å². The van der Waals surface area contributed by atoms with Crippen LogP contribution in [0.25, 0.3) is 0 Å². The number of rotatable bonds is 6. The molecule has 0 aliphatic rings. The van der Waals surface area contributed by atoms with Crippen LogP contribution in [-0.2, 0) is 19.4 Å². The minimum absolute atomic E-state index is 0.0539. The number of Topliss-reactive ketones (excluding diaryl/α,β-unsaturated/α-hetero) is 1. The number of carbonyl (C=O) groups excluding carboxylic acids is 1. The SMILES string of the molecule is CCc1nc(CC)n(CC(=O)c2ccc(OC)c(Cl)c2)n1. The van der Waals surface area contributed by atoms with E-state index in [0.717, 1.165) is 24.5 Å². The lowest BCUT2D eigenvalue weighted by Gasteiger charge is -2.07. The van der Waals surface area contributed by atoms with Crippen LogP contribution in [0.5, 0.6) is 5.75 Å². The van der Waals surface area contributed by atoms with Gasteiger partial charge in [0.15, 0.2) is 11.6 Å². The smallest absolute Gasteiger partial charge is 0.184 e. The largest absolute Gasteiger partial charge is 0.495 e. The van der Waals surface area contributed by atoms with Gasteiger partial charge in [0, 0.05) is 18.4 Å². The molecule has 2 rings (SSSR count). The molecule has 0 spiro atoms. The molecular weight excluding hydrogens is 290 g/mol. The molecule has 0 fully saturated rings. The Labute approximate surface area is 128 Å². The van der Waals surface area contributed by atoms with E-state index in [9.17, 15) is 4.79 Å². The van der Waals surface area contributed by atoms with Crippen molar-refractivity contribution < 1.29 is 9.53 Å². The van der Waals surface area contributed by atoms with Crippen LogP contribution in [0, 0.1) is 0 Å². The molecule has 6 heteroatoms. The maximum atomic E-state index is 12.3. The monoisotopic (exact) mass is 307 g/mol. The summed E-state index contributed by atoms with van der Waals surface area (Å²) in [5, 5.41) is 4.77. The fraction of sp³-hybridized carbons (Fsp3) is 0.400. The Morgan fingerprint density at radius 3 is 2.67 bits per heavy atom. The molecule has 0 amide bonds. The van der Waals surface area contributed by atoms with Gasteiger partial charge in [0.05, 0.1) is 12.1 Å². The van der Waals surface area contributed by atoms with Crippen LogP contribution in [0.2, 0.25) is 5.02 Å². The maximum Gasteiger partial charge on any atom is 0.184 e. The van der Waals surface area contributed by atoms with Crippen molar-refractivity contribution in [2.45, 2.75) is 33.2 Å². The predicted octanol–water partition coefficient (Wildman–Crippen LogP) is 2.95. The van der Waals surface area contributed by atoms with Crippen molar-refractivity contribution in [2.24, 2.45) is 0 Å². The van der Waals surface area contributed by atoms with E-state index >= 15 is 0 Å². The number of ether oxygens (including phenoxy) is 1. The molecule has 0 radical (unpaired) electrons. The summed E-state index contributed by atoms with van der Waals surface area (Å²) in [6.07, 6.45) is 1.49. The highest BCUT2D eigenvalue weighted by Gasteiger charge is 2.14. The quantitative estimate of drug-likeness (QED) is 0.770. The molecular formula is C15H18ClN3O2. The van der Waals surface area contributed by atoms with Gasteiger partial charge in [-0.25, -0.2) is 9.67 Å². The van der Waals surface area contributed by atoms with E-state index in [1.807, 2.05) is 13.8 Å². The van der Waals surface area contributed by atoms with Gasteiger partial charge in [-0.15, -0.1) is 0 Å². The molecule has 21 heavy (non-hydrogen) atoms. The van der Waals surface area contributed by atoms with Gasteiger partial charge in [-0.3, -0.25) is 4.79 Å². The second-order valence-corrected chi connectivity index (χ2v) is 4.99. The fourth-order valence-corrected chi connectivity index (χ4v) is 2.29. The van der Waals surface area contributed by atoms with Gasteiger partial charge in [-0.1, -0.05) is 25.4 Å². The Morgan fingerprint density at radius 2 is 2.10 bits per heavy atom. The van der Waals surface area contributed by atoms with Gasteiger partial charge in [0.2, 0.25) is 0 Å². The highest BCUT2D eigenvalue weighted by atomic mass is 35.5. The van der Waals surface area contributed by atoms with Crippen LogP contribution in [0.15, 0.2) is 18.2 Å².